The molecule has 3 nitrogen and oxygen atoms in total. The van der Waals surface area contributed by atoms with E-state index in [9.17, 15) is 18.4 Å². The third kappa shape index (κ3) is 1.89. The molecule has 7 heteroatoms. The van der Waals surface area contributed by atoms with Crippen molar-refractivity contribution in [2.75, 3.05) is 4.90 Å². The fourth-order valence-electron chi connectivity index (χ4n) is 2.08. The fourth-order valence-corrected chi connectivity index (χ4v) is 3.55. The van der Waals surface area contributed by atoms with Crippen molar-refractivity contribution >= 4 is 44.6 Å². The smallest absolute Gasteiger partial charge is 0.297 e. The number of carbonyl (C=O) groups excluding carboxylic acids is 2. The van der Waals surface area contributed by atoms with Crippen LogP contribution >= 0.6 is 27.3 Å². The zero-order valence-corrected chi connectivity index (χ0v) is 12.2. The number of Topliss-reactive ketones (excluding diaryl/α,β-unsaturated/α-hetero) is 1. The largest absolute Gasteiger partial charge is 0.300 e. The average molecular weight is 358 g/mol. The number of rotatable bonds is 2. The van der Waals surface area contributed by atoms with Gasteiger partial charge >= 0.3 is 0 Å². The van der Waals surface area contributed by atoms with Crippen LogP contribution in [0.4, 0.5) is 14.5 Å². The molecule has 0 spiro atoms. The lowest BCUT2D eigenvalue weighted by Gasteiger charge is -2.16. The minimum absolute atomic E-state index is 0.0240. The van der Waals surface area contributed by atoms with Crippen LogP contribution in [0.5, 0.6) is 0 Å². The maximum Gasteiger partial charge on any atom is 0.300 e. The van der Waals surface area contributed by atoms with E-state index < -0.39 is 28.9 Å². The Morgan fingerprint density at radius 1 is 1.15 bits per heavy atom. The number of benzene rings is 1. The van der Waals surface area contributed by atoms with Gasteiger partial charge in [-0.3, -0.25) is 14.5 Å². The maximum absolute atomic E-state index is 13.9. The van der Waals surface area contributed by atoms with Gasteiger partial charge < -0.3 is 0 Å². The lowest BCUT2D eigenvalue weighted by atomic mass is 10.1. The minimum atomic E-state index is -1.01. The quantitative estimate of drug-likeness (QED) is 0.771. The van der Waals surface area contributed by atoms with E-state index in [0.29, 0.717) is 0 Å². The summed E-state index contributed by atoms with van der Waals surface area (Å²) in [7, 11) is 0. The Balaban J connectivity index is 2.11. The third-order valence-corrected chi connectivity index (χ3v) is 4.92. The summed E-state index contributed by atoms with van der Waals surface area (Å²) in [5.74, 6) is -3.59. The summed E-state index contributed by atoms with van der Waals surface area (Å²) < 4.78 is 28.3. The van der Waals surface area contributed by atoms with Crippen LogP contribution in [-0.2, 0) is 11.3 Å². The molecule has 1 aromatic heterocycles. The first kappa shape index (κ1) is 13.4. The van der Waals surface area contributed by atoms with Crippen LogP contribution in [0.15, 0.2) is 28.1 Å². The molecule has 0 atom stereocenters. The van der Waals surface area contributed by atoms with E-state index >= 15 is 0 Å². The van der Waals surface area contributed by atoms with Gasteiger partial charge in [0.15, 0.2) is 0 Å². The molecule has 0 fully saturated rings. The fraction of sp³-hybridized carbons (Fsp3) is 0.0769. The Labute approximate surface area is 124 Å². The van der Waals surface area contributed by atoms with Crippen molar-refractivity contribution in [2.45, 2.75) is 6.54 Å². The normalized spacial score (nSPS) is 14.1. The highest BCUT2D eigenvalue weighted by atomic mass is 79.9. The lowest BCUT2D eigenvalue weighted by Crippen LogP contribution is -2.29. The summed E-state index contributed by atoms with van der Waals surface area (Å²) >= 11 is 4.66. The molecule has 1 aromatic carbocycles. The van der Waals surface area contributed by atoms with Gasteiger partial charge in [0.25, 0.3) is 11.7 Å². The Morgan fingerprint density at radius 2 is 1.85 bits per heavy atom. The zero-order valence-electron chi connectivity index (χ0n) is 9.82. The highest BCUT2D eigenvalue weighted by Crippen LogP contribution is 2.36. The Kier molecular flexibility index (Phi) is 3.18. The summed E-state index contributed by atoms with van der Waals surface area (Å²) in [6.45, 7) is 0.0240. The van der Waals surface area contributed by atoms with Gasteiger partial charge in [0.1, 0.15) is 11.6 Å². The molecule has 3 rings (SSSR count). The molecule has 0 saturated carbocycles. The predicted molar refractivity (Wildman–Crippen MR) is 73.9 cm³/mol. The van der Waals surface area contributed by atoms with E-state index in [4.69, 9.17) is 0 Å². The van der Waals surface area contributed by atoms with Gasteiger partial charge in [-0.2, -0.15) is 0 Å². The standard InChI is InChI=1S/C13H6BrF2NO2S/c14-6-3-4-20-9(6)5-17-11-8(16)2-1-7(15)10(11)12(18)13(17)19/h1-4H,5H2. The molecule has 0 saturated heterocycles. The number of fused-ring (bicyclic) bond motifs is 1. The molecule has 102 valence electrons. The molecule has 0 N–H and O–H groups in total. The number of anilines is 1. The molecule has 1 aliphatic heterocycles. The van der Waals surface area contributed by atoms with E-state index in [1.807, 2.05) is 0 Å². The Morgan fingerprint density at radius 3 is 2.50 bits per heavy atom. The number of hydrogen-bond acceptors (Lipinski definition) is 3. The molecule has 0 unspecified atom stereocenters. The first-order chi connectivity index (χ1) is 9.50. The monoisotopic (exact) mass is 357 g/mol. The van der Waals surface area contributed by atoms with Crippen LogP contribution in [0.1, 0.15) is 15.2 Å². The zero-order chi connectivity index (χ0) is 14.4. The van der Waals surface area contributed by atoms with Crippen molar-refractivity contribution in [3.8, 4) is 0 Å². The van der Waals surface area contributed by atoms with Gasteiger partial charge in [-0.25, -0.2) is 8.78 Å². The molecule has 1 aliphatic rings. The van der Waals surface area contributed by atoms with Gasteiger partial charge in [-0.15, -0.1) is 11.3 Å². The first-order valence-electron chi connectivity index (χ1n) is 5.56. The lowest BCUT2D eigenvalue weighted by molar-refractivity contribution is -0.114. The highest BCUT2D eigenvalue weighted by molar-refractivity contribution is 9.10. The van der Waals surface area contributed by atoms with Crippen molar-refractivity contribution in [1.29, 1.82) is 0 Å². The molecular formula is C13H6BrF2NO2S. The van der Waals surface area contributed by atoms with E-state index in [-0.39, 0.29) is 12.2 Å². The summed E-state index contributed by atoms with van der Waals surface area (Å²) in [6.07, 6.45) is 0. The number of halogens is 3. The summed E-state index contributed by atoms with van der Waals surface area (Å²) in [6, 6.07) is 3.55. The van der Waals surface area contributed by atoms with Crippen LogP contribution in [0.2, 0.25) is 0 Å². The number of hydrogen-bond donors (Lipinski definition) is 0. The molecule has 0 radical (unpaired) electrons. The SMILES string of the molecule is O=C1C(=O)N(Cc2sccc2Br)c2c(F)ccc(F)c21. The van der Waals surface area contributed by atoms with Crippen LogP contribution in [0.3, 0.4) is 0 Å². The van der Waals surface area contributed by atoms with Crippen molar-refractivity contribution in [3.63, 3.8) is 0 Å². The maximum atomic E-state index is 13.9. The molecule has 0 bridgehead atoms. The number of nitrogens with zero attached hydrogens (tertiary/aromatic N) is 1. The number of ketones is 1. The van der Waals surface area contributed by atoms with Gasteiger partial charge in [0.05, 0.1) is 17.8 Å². The second kappa shape index (κ2) is 4.75. The van der Waals surface area contributed by atoms with Crippen molar-refractivity contribution in [3.05, 3.63) is 50.1 Å². The third-order valence-electron chi connectivity index (χ3n) is 3.01. The molecular weight excluding hydrogens is 352 g/mol. The van der Waals surface area contributed by atoms with Crippen LogP contribution in [0.25, 0.3) is 0 Å². The Bertz CT molecular complexity index is 744. The topological polar surface area (TPSA) is 37.4 Å². The first-order valence-corrected chi connectivity index (χ1v) is 7.24. The van der Waals surface area contributed by atoms with E-state index in [2.05, 4.69) is 15.9 Å². The van der Waals surface area contributed by atoms with Gasteiger partial charge in [-0.1, -0.05) is 0 Å². The molecule has 2 aromatic rings. The van der Waals surface area contributed by atoms with E-state index in [0.717, 1.165) is 26.4 Å². The van der Waals surface area contributed by atoms with E-state index in [1.165, 1.54) is 11.3 Å². The highest BCUT2D eigenvalue weighted by Gasteiger charge is 2.40. The molecule has 1 amide bonds. The number of carbonyl (C=O) groups is 2. The van der Waals surface area contributed by atoms with Crippen LogP contribution in [0, 0.1) is 11.6 Å². The summed E-state index contributed by atoms with van der Waals surface area (Å²) in [5.41, 5.74) is -0.761. The predicted octanol–water partition coefficient (Wildman–Crippen LogP) is 3.52. The number of thiophene rings is 1. The molecule has 0 aliphatic carbocycles. The van der Waals surface area contributed by atoms with Crippen LogP contribution in [-0.4, -0.2) is 11.7 Å². The van der Waals surface area contributed by atoms with Crippen molar-refractivity contribution in [2.24, 2.45) is 0 Å². The Hall–Kier alpha value is -1.60. The number of amides is 1. The van der Waals surface area contributed by atoms with Crippen molar-refractivity contribution in [1.82, 2.24) is 0 Å². The molecule has 20 heavy (non-hydrogen) atoms. The summed E-state index contributed by atoms with van der Waals surface area (Å²) in [4.78, 5) is 25.5. The molecule has 2 heterocycles. The van der Waals surface area contributed by atoms with E-state index in [1.54, 1.807) is 11.4 Å². The van der Waals surface area contributed by atoms with Gasteiger partial charge in [0, 0.05) is 9.35 Å². The second-order valence-corrected chi connectivity index (χ2v) is 6.02. The summed E-state index contributed by atoms with van der Waals surface area (Å²) in [5, 5.41) is 1.80. The minimum Gasteiger partial charge on any atom is -0.297 e. The van der Waals surface area contributed by atoms with Gasteiger partial charge in [-0.05, 0) is 39.5 Å². The van der Waals surface area contributed by atoms with Crippen molar-refractivity contribution < 1.29 is 18.4 Å². The second-order valence-electron chi connectivity index (χ2n) is 4.16. The average Bonchev–Trinajstić information content (AvgIpc) is 2.92. The van der Waals surface area contributed by atoms with Gasteiger partial charge in [0.2, 0.25) is 0 Å². The van der Waals surface area contributed by atoms with Crippen LogP contribution < -0.4 is 4.90 Å².